The lowest BCUT2D eigenvalue weighted by atomic mass is 10.1. The highest BCUT2D eigenvalue weighted by atomic mass is 35.5. The predicted octanol–water partition coefficient (Wildman–Crippen LogP) is 2.11. The fourth-order valence-corrected chi connectivity index (χ4v) is 4.52. The van der Waals surface area contributed by atoms with E-state index in [4.69, 9.17) is 22.1 Å². The average molecular weight is 331 g/mol. The normalized spacial score (nSPS) is 22.9. The summed E-state index contributed by atoms with van der Waals surface area (Å²) in [6, 6.07) is 4.62. The van der Waals surface area contributed by atoms with Gasteiger partial charge < -0.3 is 10.5 Å². The lowest BCUT2D eigenvalue weighted by Gasteiger charge is -2.24. The molecule has 116 valence electrons. The second-order valence-corrected chi connectivity index (χ2v) is 8.02. The lowest BCUT2D eigenvalue weighted by Crippen LogP contribution is -2.37. The van der Waals surface area contributed by atoms with Crippen LogP contribution in [0.3, 0.4) is 0 Å². The molecule has 0 radical (unpaired) electrons. The van der Waals surface area contributed by atoms with Crippen LogP contribution in [0, 0.1) is 5.92 Å². The van der Waals surface area contributed by atoms with Gasteiger partial charge in [0.25, 0.3) is 0 Å². The number of nitrogens with two attached hydrogens (primary N) is 1. The predicted molar refractivity (Wildman–Crippen MR) is 81.7 cm³/mol. The van der Waals surface area contributed by atoms with Crippen molar-refractivity contribution in [2.75, 3.05) is 25.5 Å². The molecule has 1 aromatic rings. The van der Waals surface area contributed by atoms with Crippen LogP contribution in [0.1, 0.15) is 19.3 Å². The van der Waals surface area contributed by atoms with Gasteiger partial charge >= 0.3 is 0 Å². The van der Waals surface area contributed by atoms with Gasteiger partial charge in [-0.1, -0.05) is 11.6 Å². The Kier molecular flexibility index (Phi) is 4.14. The van der Waals surface area contributed by atoms with E-state index in [-0.39, 0.29) is 22.5 Å². The zero-order valence-electron chi connectivity index (χ0n) is 11.7. The maximum atomic E-state index is 12.9. The second-order valence-electron chi connectivity index (χ2n) is 5.72. The van der Waals surface area contributed by atoms with Crippen LogP contribution in [-0.2, 0) is 14.8 Å². The fraction of sp³-hybridized carbons (Fsp3) is 0.571. The maximum absolute atomic E-state index is 12.9. The Balaban J connectivity index is 1.87. The van der Waals surface area contributed by atoms with E-state index in [0.29, 0.717) is 18.2 Å². The molecule has 0 amide bonds. The van der Waals surface area contributed by atoms with Gasteiger partial charge in [0.2, 0.25) is 10.0 Å². The quantitative estimate of drug-likeness (QED) is 0.839. The molecule has 3 rings (SSSR count). The molecule has 0 bridgehead atoms. The second kappa shape index (κ2) is 5.76. The smallest absolute Gasteiger partial charge is 0.243 e. The van der Waals surface area contributed by atoms with Gasteiger partial charge in [-0.05, 0) is 43.4 Å². The first-order valence-electron chi connectivity index (χ1n) is 7.13. The van der Waals surface area contributed by atoms with E-state index in [1.165, 1.54) is 18.2 Å². The highest BCUT2D eigenvalue weighted by Crippen LogP contribution is 2.34. The molecule has 2 aliphatic rings. The van der Waals surface area contributed by atoms with Crippen molar-refractivity contribution in [1.29, 1.82) is 0 Å². The summed E-state index contributed by atoms with van der Waals surface area (Å²) in [5.41, 5.74) is 6.03. The summed E-state index contributed by atoms with van der Waals surface area (Å²) in [5.74, 6) is 0.282. The molecule has 7 heteroatoms. The van der Waals surface area contributed by atoms with Gasteiger partial charge in [0.1, 0.15) is 0 Å². The van der Waals surface area contributed by atoms with E-state index < -0.39 is 10.0 Å². The zero-order chi connectivity index (χ0) is 15.0. The van der Waals surface area contributed by atoms with Crippen molar-refractivity contribution in [2.45, 2.75) is 30.2 Å². The molecule has 21 heavy (non-hydrogen) atoms. The van der Waals surface area contributed by atoms with Gasteiger partial charge in [-0.3, -0.25) is 0 Å². The maximum Gasteiger partial charge on any atom is 0.243 e. The van der Waals surface area contributed by atoms with Crippen molar-refractivity contribution in [3.05, 3.63) is 23.2 Å². The van der Waals surface area contributed by atoms with Crippen LogP contribution >= 0.6 is 11.6 Å². The van der Waals surface area contributed by atoms with Crippen molar-refractivity contribution < 1.29 is 13.2 Å². The van der Waals surface area contributed by atoms with Gasteiger partial charge in [-0.25, -0.2) is 8.42 Å². The number of rotatable bonds is 5. The number of anilines is 1. The highest BCUT2D eigenvalue weighted by Gasteiger charge is 2.39. The van der Waals surface area contributed by atoms with Crippen LogP contribution in [0.2, 0.25) is 5.02 Å². The van der Waals surface area contributed by atoms with Gasteiger partial charge in [-0.2, -0.15) is 4.31 Å². The van der Waals surface area contributed by atoms with Crippen molar-refractivity contribution in [3.63, 3.8) is 0 Å². The molecule has 2 fully saturated rings. The Morgan fingerprint density at radius 2 is 2.10 bits per heavy atom. The first-order valence-corrected chi connectivity index (χ1v) is 8.95. The largest absolute Gasteiger partial charge is 0.397 e. The molecule has 1 heterocycles. The Morgan fingerprint density at radius 1 is 1.33 bits per heavy atom. The molecule has 1 atom stereocenters. The Hall–Kier alpha value is -0.820. The third-order valence-corrected chi connectivity index (χ3v) is 6.25. The number of benzene rings is 1. The van der Waals surface area contributed by atoms with Crippen molar-refractivity contribution in [2.24, 2.45) is 5.92 Å². The fourth-order valence-electron chi connectivity index (χ4n) is 2.61. The standard InChI is InChI=1S/C14H19ClN2O3S/c15-13-4-3-12(7-14(13)16)21(18,19)17(11-1-2-11)8-10-5-6-20-9-10/h3-4,7,10-11H,1-2,5-6,8-9,16H2. The summed E-state index contributed by atoms with van der Waals surface area (Å²) in [7, 11) is -3.53. The molecule has 1 saturated carbocycles. The molecular weight excluding hydrogens is 312 g/mol. The number of nitrogen functional groups attached to an aromatic ring is 1. The van der Waals surface area contributed by atoms with Gasteiger partial charge in [0, 0.05) is 19.2 Å². The minimum absolute atomic E-state index is 0.118. The molecular formula is C14H19ClN2O3S. The summed E-state index contributed by atoms with van der Waals surface area (Å²) >= 11 is 5.87. The Bertz CT molecular complexity index is 625. The van der Waals surface area contributed by atoms with E-state index in [1.54, 1.807) is 4.31 Å². The summed E-state index contributed by atoms with van der Waals surface area (Å²) in [6.45, 7) is 1.88. The summed E-state index contributed by atoms with van der Waals surface area (Å²) in [6.07, 6.45) is 2.77. The first-order chi connectivity index (χ1) is 9.98. The Morgan fingerprint density at radius 3 is 2.67 bits per heavy atom. The number of sulfonamides is 1. The van der Waals surface area contributed by atoms with Crippen molar-refractivity contribution in [1.82, 2.24) is 4.31 Å². The third kappa shape index (κ3) is 3.18. The van der Waals surface area contributed by atoms with Gasteiger partial charge in [0.15, 0.2) is 0 Å². The minimum Gasteiger partial charge on any atom is -0.397 e. The van der Waals surface area contributed by atoms with E-state index in [9.17, 15) is 8.42 Å². The Labute approximate surface area is 130 Å². The molecule has 5 nitrogen and oxygen atoms in total. The topological polar surface area (TPSA) is 72.6 Å². The molecule has 0 spiro atoms. The number of hydrogen-bond acceptors (Lipinski definition) is 4. The molecule has 0 aromatic heterocycles. The van der Waals surface area contributed by atoms with E-state index >= 15 is 0 Å². The summed E-state index contributed by atoms with van der Waals surface area (Å²) in [4.78, 5) is 0.218. The summed E-state index contributed by atoms with van der Waals surface area (Å²) in [5, 5.41) is 0.371. The average Bonchev–Trinajstić information content (AvgIpc) is 3.15. The molecule has 1 unspecified atom stereocenters. The van der Waals surface area contributed by atoms with Crippen molar-refractivity contribution in [3.8, 4) is 0 Å². The molecule has 2 N–H and O–H groups in total. The third-order valence-electron chi connectivity index (χ3n) is 3.99. The minimum atomic E-state index is -3.53. The lowest BCUT2D eigenvalue weighted by molar-refractivity contribution is 0.180. The van der Waals surface area contributed by atoms with Crippen LogP contribution in [0.15, 0.2) is 23.1 Å². The zero-order valence-corrected chi connectivity index (χ0v) is 13.2. The van der Waals surface area contributed by atoms with Crippen LogP contribution in [-0.4, -0.2) is 38.5 Å². The van der Waals surface area contributed by atoms with Crippen LogP contribution in [0.5, 0.6) is 0 Å². The monoisotopic (exact) mass is 330 g/mol. The highest BCUT2D eigenvalue weighted by molar-refractivity contribution is 7.89. The SMILES string of the molecule is Nc1cc(S(=O)(=O)N(CC2CCOC2)C2CC2)ccc1Cl. The molecule has 1 aliphatic carbocycles. The van der Waals surface area contributed by atoms with Crippen LogP contribution in [0.25, 0.3) is 0 Å². The van der Waals surface area contributed by atoms with E-state index in [1.807, 2.05) is 0 Å². The molecule has 1 aromatic carbocycles. The van der Waals surface area contributed by atoms with Gasteiger partial charge in [0.05, 0.1) is 22.2 Å². The van der Waals surface area contributed by atoms with Crippen LogP contribution < -0.4 is 5.73 Å². The first kappa shape index (κ1) is 15.1. The number of nitrogens with zero attached hydrogens (tertiary/aromatic N) is 1. The molecule has 1 aliphatic heterocycles. The van der Waals surface area contributed by atoms with E-state index in [2.05, 4.69) is 0 Å². The number of hydrogen-bond donors (Lipinski definition) is 1. The summed E-state index contributed by atoms with van der Waals surface area (Å²) < 4.78 is 32.7. The van der Waals surface area contributed by atoms with Crippen molar-refractivity contribution >= 4 is 27.3 Å². The molecule has 1 saturated heterocycles. The number of ether oxygens (including phenoxy) is 1. The van der Waals surface area contributed by atoms with E-state index in [0.717, 1.165) is 25.9 Å². The number of halogens is 1. The van der Waals surface area contributed by atoms with Gasteiger partial charge in [-0.15, -0.1) is 0 Å². The van der Waals surface area contributed by atoms with Crippen LogP contribution in [0.4, 0.5) is 5.69 Å².